The van der Waals surface area contributed by atoms with E-state index in [4.69, 9.17) is 0 Å². The van der Waals surface area contributed by atoms with Crippen molar-refractivity contribution in [2.45, 2.75) is 16.4 Å². The van der Waals surface area contributed by atoms with Crippen molar-refractivity contribution in [1.29, 1.82) is 0 Å². The van der Waals surface area contributed by atoms with Crippen molar-refractivity contribution in [1.82, 2.24) is 0 Å². The fourth-order valence-corrected chi connectivity index (χ4v) is 2.44. The van der Waals surface area contributed by atoms with Crippen LogP contribution in [0.25, 0.3) is 0 Å². The van der Waals surface area contributed by atoms with Crippen LogP contribution in [0.15, 0.2) is 64.4 Å². The maximum atomic E-state index is 9.19. The first kappa shape index (κ1) is 10.3. The summed E-state index contributed by atoms with van der Waals surface area (Å²) in [6, 6.07) is 18.2. The molecule has 0 radical (unpaired) electrons. The molecule has 2 aromatic carbocycles. The van der Waals surface area contributed by atoms with Gasteiger partial charge in [-0.3, -0.25) is 0 Å². The highest BCUT2D eigenvalue weighted by molar-refractivity contribution is 7.78. The number of hydrogen-bond acceptors (Lipinski definition) is 1. The van der Waals surface area contributed by atoms with Gasteiger partial charge in [-0.05, 0) is 18.2 Å². The highest BCUT2D eigenvalue weighted by Crippen LogP contribution is 2.16. The van der Waals surface area contributed by atoms with Crippen LogP contribution in [0.3, 0.4) is 0 Å². The fourth-order valence-electron chi connectivity index (χ4n) is 1.40. The highest BCUT2D eigenvalue weighted by Gasteiger charge is 2.10. The second-order valence-electron chi connectivity index (χ2n) is 3.23. The number of hydrogen-bond donors (Lipinski definition) is 1. The van der Waals surface area contributed by atoms with Gasteiger partial charge in [-0.15, -0.1) is 0 Å². The Balaban J connectivity index is 2.24. The van der Waals surface area contributed by atoms with Crippen LogP contribution in [0.1, 0.15) is 5.56 Å². The molecule has 76 valence electrons. The van der Waals surface area contributed by atoms with Crippen LogP contribution < -0.4 is 0 Å². The molecule has 0 aromatic heterocycles. The zero-order valence-corrected chi connectivity index (χ0v) is 9.19. The average molecular weight is 217 g/mol. The molecule has 0 bridgehead atoms. The molecule has 1 N–H and O–H groups in total. The lowest BCUT2D eigenvalue weighted by Crippen LogP contribution is -1.92. The van der Waals surface area contributed by atoms with Crippen molar-refractivity contribution < 1.29 is 5.11 Å². The molecule has 0 saturated heterocycles. The van der Waals surface area contributed by atoms with Crippen molar-refractivity contribution in [2.75, 3.05) is 0 Å². The molecule has 0 amide bonds. The Bertz CT molecular complexity index is 426. The SMILES string of the molecule is OCc1ccccc1[SH+]c1ccccc1. The topological polar surface area (TPSA) is 20.2 Å². The Morgan fingerprint density at radius 3 is 2.27 bits per heavy atom. The molecule has 0 fully saturated rings. The molecule has 0 saturated carbocycles. The quantitative estimate of drug-likeness (QED) is 0.618. The lowest BCUT2D eigenvalue weighted by molar-refractivity contribution is 0.279. The summed E-state index contributed by atoms with van der Waals surface area (Å²) >= 11 is 1.15. The summed E-state index contributed by atoms with van der Waals surface area (Å²) in [4.78, 5) is 2.42. The van der Waals surface area contributed by atoms with E-state index in [1.54, 1.807) is 0 Å². The summed E-state index contributed by atoms with van der Waals surface area (Å²) in [7, 11) is 0. The van der Waals surface area contributed by atoms with E-state index in [9.17, 15) is 5.11 Å². The monoisotopic (exact) mass is 217 g/mol. The van der Waals surface area contributed by atoms with E-state index in [2.05, 4.69) is 18.2 Å². The fraction of sp³-hybridized carbons (Fsp3) is 0.0769. The third kappa shape index (κ3) is 2.61. The second-order valence-corrected chi connectivity index (χ2v) is 4.46. The maximum absolute atomic E-state index is 9.19. The minimum absolute atomic E-state index is 0.107. The van der Waals surface area contributed by atoms with E-state index in [1.807, 2.05) is 36.4 Å². The molecule has 0 aliphatic heterocycles. The third-order valence-corrected chi connectivity index (χ3v) is 3.40. The van der Waals surface area contributed by atoms with E-state index >= 15 is 0 Å². The predicted molar refractivity (Wildman–Crippen MR) is 64.1 cm³/mol. The summed E-state index contributed by atoms with van der Waals surface area (Å²) in [5.41, 5.74) is 1.00. The Morgan fingerprint density at radius 2 is 1.53 bits per heavy atom. The molecular formula is C13H13OS+. The van der Waals surface area contributed by atoms with Crippen molar-refractivity contribution in [3.63, 3.8) is 0 Å². The number of benzene rings is 2. The number of rotatable bonds is 3. The van der Waals surface area contributed by atoms with Crippen LogP contribution in [0, 0.1) is 0 Å². The summed E-state index contributed by atoms with van der Waals surface area (Å²) in [6.07, 6.45) is 0. The number of aliphatic hydroxyl groups excluding tert-OH is 1. The minimum atomic E-state index is 0.107. The van der Waals surface area contributed by atoms with Gasteiger partial charge in [0.05, 0.1) is 6.61 Å². The first-order valence-electron chi connectivity index (χ1n) is 4.86. The molecule has 2 aromatic rings. The van der Waals surface area contributed by atoms with E-state index in [0.29, 0.717) is 0 Å². The van der Waals surface area contributed by atoms with Gasteiger partial charge in [0.2, 0.25) is 0 Å². The molecule has 15 heavy (non-hydrogen) atoms. The van der Waals surface area contributed by atoms with Gasteiger partial charge in [0.1, 0.15) is 0 Å². The molecule has 0 aliphatic rings. The van der Waals surface area contributed by atoms with Gasteiger partial charge in [0.25, 0.3) is 0 Å². The minimum Gasteiger partial charge on any atom is -0.391 e. The molecular weight excluding hydrogens is 204 g/mol. The average Bonchev–Trinajstić information content (AvgIpc) is 2.31. The van der Waals surface area contributed by atoms with Crippen LogP contribution in [-0.4, -0.2) is 5.11 Å². The van der Waals surface area contributed by atoms with Crippen molar-refractivity contribution >= 4 is 11.8 Å². The number of thiol groups is 1. The Labute approximate surface area is 93.8 Å². The zero-order valence-electron chi connectivity index (χ0n) is 8.30. The Kier molecular flexibility index (Phi) is 3.43. The van der Waals surface area contributed by atoms with Gasteiger partial charge in [0.15, 0.2) is 9.79 Å². The standard InChI is InChI=1S/C13H12OS/c14-10-11-6-4-5-9-13(11)15-12-7-2-1-3-8-12/h1-9,14H,10H2/p+1. The first-order valence-corrected chi connectivity index (χ1v) is 5.75. The third-order valence-electron chi connectivity index (χ3n) is 2.17. The van der Waals surface area contributed by atoms with Gasteiger partial charge >= 0.3 is 0 Å². The molecule has 1 nitrogen and oxygen atoms in total. The predicted octanol–water partition coefficient (Wildman–Crippen LogP) is 2.41. The van der Waals surface area contributed by atoms with Crippen molar-refractivity contribution in [3.05, 3.63) is 60.2 Å². The summed E-state index contributed by atoms with van der Waals surface area (Å²) in [5.74, 6) is 0. The van der Waals surface area contributed by atoms with Crippen LogP contribution in [-0.2, 0) is 18.4 Å². The van der Waals surface area contributed by atoms with E-state index in [1.165, 1.54) is 9.79 Å². The largest absolute Gasteiger partial charge is 0.391 e. The summed E-state index contributed by atoms with van der Waals surface area (Å²) in [5, 5.41) is 9.19. The molecule has 0 heterocycles. The molecule has 0 spiro atoms. The summed E-state index contributed by atoms with van der Waals surface area (Å²) in [6.45, 7) is 0.107. The number of aliphatic hydroxyl groups is 1. The molecule has 2 rings (SSSR count). The lowest BCUT2D eigenvalue weighted by atomic mass is 10.2. The Morgan fingerprint density at radius 1 is 0.867 bits per heavy atom. The highest BCUT2D eigenvalue weighted by atomic mass is 32.2. The van der Waals surface area contributed by atoms with Crippen molar-refractivity contribution in [2.24, 2.45) is 0 Å². The van der Waals surface area contributed by atoms with Crippen LogP contribution >= 0.6 is 0 Å². The summed E-state index contributed by atoms with van der Waals surface area (Å²) < 4.78 is 0. The van der Waals surface area contributed by atoms with Crippen LogP contribution in [0.5, 0.6) is 0 Å². The van der Waals surface area contributed by atoms with Crippen LogP contribution in [0.4, 0.5) is 0 Å². The van der Waals surface area contributed by atoms with Gasteiger partial charge in [-0.25, -0.2) is 0 Å². The smallest absolute Gasteiger partial charge is 0.163 e. The maximum Gasteiger partial charge on any atom is 0.163 e. The molecule has 2 heteroatoms. The van der Waals surface area contributed by atoms with E-state index in [-0.39, 0.29) is 6.61 Å². The van der Waals surface area contributed by atoms with Gasteiger partial charge in [-0.2, -0.15) is 0 Å². The van der Waals surface area contributed by atoms with E-state index in [0.717, 1.165) is 17.3 Å². The molecule has 0 aliphatic carbocycles. The Hall–Kier alpha value is -1.25. The van der Waals surface area contributed by atoms with Gasteiger partial charge in [0, 0.05) is 17.3 Å². The molecule has 0 unspecified atom stereocenters. The first-order chi connectivity index (χ1) is 7.40. The van der Waals surface area contributed by atoms with Gasteiger partial charge < -0.3 is 5.11 Å². The lowest BCUT2D eigenvalue weighted by Gasteiger charge is -1.98. The van der Waals surface area contributed by atoms with Crippen LogP contribution in [0.2, 0.25) is 0 Å². The zero-order chi connectivity index (χ0) is 10.5. The second kappa shape index (κ2) is 5.01. The van der Waals surface area contributed by atoms with E-state index < -0.39 is 0 Å². The molecule has 0 atom stereocenters. The van der Waals surface area contributed by atoms with Crippen molar-refractivity contribution in [3.8, 4) is 0 Å². The normalized spacial score (nSPS) is 10.2. The van der Waals surface area contributed by atoms with Gasteiger partial charge in [-0.1, -0.05) is 36.4 Å².